The van der Waals surface area contributed by atoms with Gasteiger partial charge in [0, 0.05) is 0 Å². The number of aryl methyl sites for hydroxylation is 2. The summed E-state index contributed by atoms with van der Waals surface area (Å²) in [7, 11) is 0.233. The van der Waals surface area contributed by atoms with E-state index in [1.807, 2.05) is 24.3 Å². The second-order valence-corrected chi connectivity index (χ2v) is 4.40. The Morgan fingerprint density at radius 1 is 0.684 bits per heavy atom. The quantitative estimate of drug-likeness (QED) is 0.734. The molecule has 0 aliphatic rings. The van der Waals surface area contributed by atoms with Gasteiger partial charge in [-0.25, -0.2) is 0 Å². The Morgan fingerprint density at radius 2 is 1.05 bits per heavy atom. The van der Waals surface area contributed by atoms with E-state index in [1.165, 1.54) is 11.1 Å². The maximum absolute atomic E-state index is 5.54. The molecule has 0 saturated carbocycles. The lowest BCUT2D eigenvalue weighted by molar-refractivity contribution is 0.459. The van der Waals surface area contributed by atoms with Crippen LogP contribution in [0.15, 0.2) is 48.5 Å². The Morgan fingerprint density at radius 3 is 1.37 bits per heavy atom. The van der Waals surface area contributed by atoms with Crippen LogP contribution >= 0.6 is 0 Å². The SMILES string of the molecule is CCc1ccc(OBOc2ccc(CC)cc2)cc1. The van der Waals surface area contributed by atoms with Crippen molar-refractivity contribution < 1.29 is 9.31 Å². The van der Waals surface area contributed by atoms with Crippen molar-refractivity contribution >= 4 is 7.69 Å². The molecule has 98 valence electrons. The van der Waals surface area contributed by atoms with Crippen molar-refractivity contribution in [3.8, 4) is 11.5 Å². The highest BCUT2D eigenvalue weighted by atomic mass is 16.6. The predicted molar refractivity (Wildman–Crippen MR) is 80.0 cm³/mol. The number of hydrogen-bond acceptors (Lipinski definition) is 2. The summed E-state index contributed by atoms with van der Waals surface area (Å²) in [6.07, 6.45) is 2.08. The summed E-state index contributed by atoms with van der Waals surface area (Å²) in [4.78, 5) is 0. The van der Waals surface area contributed by atoms with Crippen molar-refractivity contribution in [3.63, 3.8) is 0 Å². The molecule has 0 heterocycles. The molecule has 0 atom stereocenters. The highest BCUT2D eigenvalue weighted by molar-refractivity contribution is 6.20. The lowest BCUT2D eigenvalue weighted by Gasteiger charge is -2.08. The molecular formula is C16H19BO2. The standard InChI is InChI=1S/C16H19BO2/c1-3-13-5-9-15(10-6-13)18-17-19-16-11-7-14(4-2)8-12-16/h5-12,17H,3-4H2,1-2H3. The highest BCUT2D eigenvalue weighted by Crippen LogP contribution is 2.14. The van der Waals surface area contributed by atoms with Crippen LogP contribution in [0.5, 0.6) is 11.5 Å². The van der Waals surface area contributed by atoms with E-state index in [0.29, 0.717) is 0 Å². The van der Waals surface area contributed by atoms with Crippen LogP contribution in [0.1, 0.15) is 25.0 Å². The van der Waals surface area contributed by atoms with Crippen molar-refractivity contribution in [2.24, 2.45) is 0 Å². The van der Waals surface area contributed by atoms with Gasteiger partial charge in [0.15, 0.2) is 0 Å². The molecule has 0 fully saturated rings. The minimum absolute atomic E-state index is 0.233. The van der Waals surface area contributed by atoms with Gasteiger partial charge in [-0.15, -0.1) is 0 Å². The third kappa shape index (κ3) is 4.06. The number of rotatable bonds is 6. The van der Waals surface area contributed by atoms with Crippen LogP contribution in [0.4, 0.5) is 0 Å². The Bertz CT molecular complexity index is 444. The van der Waals surface area contributed by atoms with Gasteiger partial charge in [-0.05, 0) is 48.2 Å². The largest absolute Gasteiger partial charge is 0.576 e. The normalized spacial score (nSPS) is 10.0. The van der Waals surface area contributed by atoms with Crippen LogP contribution < -0.4 is 9.31 Å². The minimum Gasteiger partial charge on any atom is -0.529 e. The molecule has 0 amide bonds. The molecule has 0 aliphatic carbocycles. The van der Waals surface area contributed by atoms with Crippen molar-refractivity contribution in [1.82, 2.24) is 0 Å². The molecule has 0 bridgehead atoms. The van der Waals surface area contributed by atoms with E-state index in [2.05, 4.69) is 38.1 Å². The predicted octanol–water partition coefficient (Wildman–Crippen LogP) is 3.54. The second-order valence-electron chi connectivity index (χ2n) is 4.40. The second kappa shape index (κ2) is 6.88. The molecule has 0 spiro atoms. The van der Waals surface area contributed by atoms with E-state index in [1.54, 1.807) is 0 Å². The van der Waals surface area contributed by atoms with Gasteiger partial charge < -0.3 is 9.31 Å². The molecular weight excluding hydrogens is 235 g/mol. The van der Waals surface area contributed by atoms with Gasteiger partial charge >= 0.3 is 7.69 Å². The van der Waals surface area contributed by atoms with Gasteiger partial charge in [0.25, 0.3) is 0 Å². The van der Waals surface area contributed by atoms with E-state index in [9.17, 15) is 0 Å². The highest BCUT2D eigenvalue weighted by Gasteiger charge is 2.00. The third-order valence-corrected chi connectivity index (χ3v) is 3.11. The Labute approximate surface area is 115 Å². The van der Waals surface area contributed by atoms with Crippen LogP contribution in [0.3, 0.4) is 0 Å². The van der Waals surface area contributed by atoms with E-state index >= 15 is 0 Å². The maximum atomic E-state index is 5.54. The molecule has 0 aromatic heterocycles. The summed E-state index contributed by atoms with van der Waals surface area (Å²) in [5.41, 5.74) is 2.62. The van der Waals surface area contributed by atoms with Crippen LogP contribution in [0, 0.1) is 0 Å². The van der Waals surface area contributed by atoms with Gasteiger partial charge in [0.05, 0.1) is 0 Å². The van der Waals surface area contributed by atoms with Crippen molar-refractivity contribution in [2.45, 2.75) is 26.7 Å². The van der Waals surface area contributed by atoms with E-state index in [0.717, 1.165) is 24.3 Å². The molecule has 3 heteroatoms. The summed E-state index contributed by atoms with van der Waals surface area (Å²) >= 11 is 0. The Hall–Kier alpha value is -1.90. The lowest BCUT2D eigenvalue weighted by atomic mass is 10.1. The fraction of sp³-hybridized carbons (Fsp3) is 0.250. The molecule has 2 nitrogen and oxygen atoms in total. The van der Waals surface area contributed by atoms with Crippen LogP contribution in [-0.4, -0.2) is 7.69 Å². The lowest BCUT2D eigenvalue weighted by Crippen LogP contribution is -2.10. The zero-order valence-corrected chi connectivity index (χ0v) is 11.6. The molecule has 19 heavy (non-hydrogen) atoms. The zero-order chi connectivity index (χ0) is 13.5. The first kappa shape index (κ1) is 13.5. The first-order valence-electron chi connectivity index (χ1n) is 6.75. The molecule has 0 radical (unpaired) electrons. The van der Waals surface area contributed by atoms with Crippen molar-refractivity contribution in [1.29, 1.82) is 0 Å². The fourth-order valence-corrected chi connectivity index (χ4v) is 1.81. The van der Waals surface area contributed by atoms with Crippen LogP contribution in [-0.2, 0) is 12.8 Å². The number of benzene rings is 2. The van der Waals surface area contributed by atoms with Gasteiger partial charge in [0.2, 0.25) is 0 Å². The minimum atomic E-state index is 0.233. The Balaban J connectivity index is 1.81. The molecule has 2 aromatic carbocycles. The topological polar surface area (TPSA) is 18.5 Å². The monoisotopic (exact) mass is 254 g/mol. The molecule has 2 aromatic rings. The van der Waals surface area contributed by atoms with Crippen LogP contribution in [0.2, 0.25) is 0 Å². The van der Waals surface area contributed by atoms with Crippen molar-refractivity contribution in [2.75, 3.05) is 0 Å². The average molecular weight is 254 g/mol. The third-order valence-electron chi connectivity index (χ3n) is 3.11. The Kier molecular flexibility index (Phi) is 4.90. The van der Waals surface area contributed by atoms with E-state index in [-0.39, 0.29) is 7.69 Å². The first-order valence-corrected chi connectivity index (χ1v) is 6.75. The smallest absolute Gasteiger partial charge is 0.529 e. The summed E-state index contributed by atoms with van der Waals surface area (Å²) in [5, 5.41) is 0. The zero-order valence-electron chi connectivity index (χ0n) is 11.6. The van der Waals surface area contributed by atoms with Crippen molar-refractivity contribution in [3.05, 3.63) is 59.7 Å². The van der Waals surface area contributed by atoms with Gasteiger partial charge in [0.1, 0.15) is 11.5 Å². The maximum Gasteiger partial charge on any atom is 0.576 e. The molecule has 0 N–H and O–H groups in total. The number of hydrogen-bond donors (Lipinski definition) is 0. The molecule has 0 aliphatic heterocycles. The summed E-state index contributed by atoms with van der Waals surface area (Å²) in [6, 6.07) is 16.2. The molecule has 0 unspecified atom stereocenters. The van der Waals surface area contributed by atoms with Crippen LogP contribution in [0.25, 0.3) is 0 Å². The molecule has 0 saturated heterocycles. The summed E-state index contributed by atoms with van der Waals surface area (Å²) in [6.45, 7) is 4.28. The molecule has 2 rings (SSSR count). The van der Waals surface area contributed by atoms with E-state index in [4.69, 9.17) is 9.31 Å². The van der Waals surface area contributed by atoms with Gasteiger partial charge in [-0.1, -0.05) is 38.1 Å². The van der Waals surface area contributed by atoms with Gasteiger partial charge in [-0.3, -0.25) is 0 Å². The first-order chi connectivity index (χ1) is 9.31. The summed E-state index contributed by atoms with van der Waals surface area (Å²) in [5.74, 6) is 1.67. The van der Waals surface area contributed by atoms with Gasteiger partial charge in [-0.2, -0.15) is 0 Å². The summed E-state index contributed by atoms with van der Waals surface area (Å²) < 4.78 is 11.1. The van der Waals surface area contributed by atoms with E-state index < -0.39 is 0 Å². The fourth-order valence-electron chi connectivity index (χ4n) is 1.81. The average Bonchev–Trinajstić information content (AvgIpc) is 2.49.